The molecule has 0 bridgehead atoms. The summed E-state index contributed by atoms with van der Waals surface area (Å²) in [6.07, 6.45) is -4.54. The molecule has 1 amide bonds. The number of fused-ring (bicyclic) bond motifs is 2. The van der Waals surface area contributed by atoms with Crippen molar-refractivity contribution in [2.24, 2.45) is 0 Å². The summed E-state index contributed by atoms with van der Waals surface area (Å²) in [5, 5.41) is 2.71. The van der Waals surface area contributed by atoms with E-state index in [4.69, 9.17) is 9.47 Å². The summed E-state index contributed by atoms with van der Waals surface area (Å²) in [5.74, 6) is -0.0609. The van der Waals surface area contributed by atoms with Crippen LogP contribution in [0.25, 0.3) is 0 Å². The van der Waals surface area contributed by atoms with Crippen LogP contribution in [0, 0.1) is 0 Å². The average molecular weight is 349 g/mol. The zero-order valence-corrected chi connectivity index (χ0v) is 13.0. The Morgan fingerprint density at radius 2 is 1.68 bits per heavy atom. The van der Waals surface area contributed by atoms with Crippen LogP contribution in [0.1, 0.15) is 29.0 Å². The van der Waals surface area contributed by atoms with Crippen LogP contribution in [0.3, 0.4) is 0 Å². The molecule has 0 aromatic heterocycles. The van der Waals surface area contributed by atoms with Crippen molar-refractivity contribution in [3.63, 3.8) is 0 Å². The van der Waals surface area contributed by atoms with Gasteiger partial charge >= 0.3 is 6.18 Å². The Kier molecular flexibility index (Phi) is 3.59. The number of nitrogens with one attached hydrogen (secondary N) is 1. The fraction of sp³-hybridized carbons (Fsp3) is 0.278. The molecule has 2 heterocycles. The fourth-order valence-electron chi connectivity index (χ4n) is 3.33. The van der Waals surface area contributed by atoms with Gasteiger partial charge < -0.3 is 14.8 Å². The number of rotatable bonds is 1. The highest BCUT2D eigenvalue weighted by Crippen LogP contribution is 2.46. The maximum Gasteiger partial charge on any atom is 0.416 e. The van der Waals surface area contributed by atoms with Crippen LogP contribution < -0.4 is 14.8 Å². The van der Waals surface area contributed by atoms with Gasteiger partial charge in [-0.2, -0.15) is 13.2 Å². The van der Waals surface area contributed by atoms with E-state index in [-0.39, 0.29) is 17.9 Å². The number of ether oxygens (including phenoxy) is 2. The summed E-state index contributed by atoms with van der Waals surface area (Å²) in [5.41, 5.74) is 0.418. The van der Waals surface area contributed by atoms with Gasteiger partial charge in [-0.15, -0.1) is 0 Å². The van der Waals surface area contributed by atoms with E-state index in [9.17, 15) is 18.0 Å². The van der Waals surface area contributed by atoms with Crippen molar-refractivity contribution in [2.45, 2.75) is 18.5 Å². The molecule has 0 fully saturated rings. The molecule has 130 valence electrons. The standard InChI is InChI=1S/C18H14F3NO3/c19-18(20,21)13-4-2-1-3-10(13)11-8-17(23)22-14-9-16-15(7-12(11)14)24-5-6-25-16/h1-4,7,9,11H,5-6,8H2,(H,22,23)/t11-/m0/s1. The number of carbonyl (C=O) groups excluding carboxylic acids is 1. The number of hydrogen-bond donors (Lipinski definition) is 1. The van der Waals surface area contributed by atoms with E-state index in [0.717, 1.165) is 6.07 Å². The lowest BCUT2D eigenvalue weighted by Crippen LogP contribution is -2.26. The predicted molar refractivity (Wildman–Crippen MR) is 84.0 cm³/mol. The number of anilines is 1. The molecular formula is C18H14F3NO3. The number of alkyl halides is 3. The van der Waals surface area contributed by atoms with Gasteiger partial charge in [0.15, 0.2) is 11.5 Å². The molecule has 0 saturated heterocycles. The lowest BCUT2D eigenvalue weighted by molar-refractivity contribution is -0.138. The summed E-state index contributed by atoms with van der Waals surface area (Å²) >= 11 is 0. The van der Waals surface area contributed by atoms with Gasteiger partial charge in [-0.05, 0) is 23.3 Å². The van der Waals surface area contributed by atoms with Crippen molar-refractivity contribution in [3.05, 3.63) is 53.1 Å². The molecule has 0 spiro atoms. The zero-order valence-electron chi connectivity index (χ0n) is 13.0. The molecule has 0 aliphatic carbocycles. The third kappa shape index (κ3) is 2.79. The Morgan fingerprint density at radius 3 is 2.40 bits per heavy atom. The van der Waals surface area contributed by atoms with Crippen molar-refractivity contribution >= 4 is 11.6 Å². The maximum atomic E-state index is 13.4. The van der Waals surface area contributed by atoms with Crippen LogP contribution in [0.15, 0.2) is 36.4 Å². The van der Waals surface area contributed by atoms with E-state index in [0.29, 0.717) is 36.0 Å². The molecule has 0 unspecified atom stereocenters. The van der Waals surface area contributed by atoms with Gasteiger partial charge in [0.1, 0.15) is 13.2 Å². The molecule has 1 atom stereocenters. The molecule has 2 aliphatic rings. The van der Waals surface area contributed by atoms with E-state index < -0.39 is 17.7 Å². The van der Waals surface area contributed by atoms with Crippen molar-refractivity contribution in [3.8, 4) is 11.5 Å². The molecule has 4 nitrogen and oxygen atoms in total. The monoisotopic (exact) mass is 349 g/mol. The first-order valence-electron chi connectivity index (χ1n) is 7.83. The molecule has 0 radical (unpaired) electrons. The highest BCUT2D eigenvalue weighted by molar-refractivity contribution is 5.96. The molecular weight excluding hydrogens is 335 g/mol. The van der Waals surface area contributed by atoms with Crippen molar-refractivity contribution in [1.29, 1.82) is 0 Å². The maximum absolute atomic E-state index is 13.4. The molecule has 2 aromatic rings. The number of benzene rings is 2. The first-order valence-corrected chi connectivity index (χ1v) is 7.83. The largest absolute Gasteiger partial charge is 0.486 e. The zero-order chi connectivity index (χ0) is 17.6. The van der Waals surface area contributed by atoms with Crippen LogP contribution >= 0.6 is 0 Å². The number of carbonyl (C=O) groups is 1. The van der Waals surface area contributed by atoms with Crippen molar-refractivity contribution in [2.75, 3.05) is 18.5 Å². The summed E-state index contributed by atoms with van der Waals surface area (Å²) in [6, 6.07) is 8.64. The highest BCUT2D eigenvalue weighted by atomic mass is 19.4. The highest BCUT2D eigenvalue weighted by Gasteiger charge is 2.38. The van der Waals surface area contributed by atoms with Crippen LogP contribution in [0.4, 0.5) is 18.9 Å². The SMILES string of the molecule is O=C1C[C@@H](c2ccccc2C(F)(F)F)c2cc3c(cc2N1)OCCO3. The summed E-state index contributed by atoms with van der Waals surface area (Å²) in [4.78, 5) is 12.1. The molecule has 25 heavy (non-hydrogen) atoms. The fourth-order valence-corrected chi connectivity index (χ4v) is 3.33. The van der Waals surface area contributed by atoms with Crippen LogP contribution in [0.2, 0.25) is 0 Å². The third-order valence-corrected chi connectivity index (χ3v) is 4.39. The number of hydrogen-bond acceptors (Lipinski definition) is 3. The van der Waals surface area contributed by atoms with E-state index in [2.05, 4.69) is 5.32 Å². The number of halogens is 3. The molecule has 0 saturated carbocycles. The van der Waals surface area contributed by atoms with Gasteiger partial charge in [0.05, 0.1) is 5.56 Å². The summed E-state index contributed by atoms with van der Waals surface area (Å²) < 4.78 is 51.2. The first kappa shape index (κ1) is 15.8. The Hall–Kier alpha value is -2.70. The second kappa shape index (κ2) is 5.68. The normalized spacial score (nSPS) is 19.2. The molecule has 1 N–H and O–H groups in total. The predicted octanol–water partition coefficient (Wildman–Crippen LogP) is 3.95. The lowest BCUT2D eigenvalue weighted by atomic mass is 9.82. The van der Waals surface area contributed by atoms with Gasteiger partial charge in [-0.25, -0.2) is 0 Å². The Bertz CT molecular complexity index is 848. The van der Waals surface area contributed by atoms with Crippen LogP contribution in [0.5, 0.6) is 11.5 Å². The first-order chi connectivity index (χ1) is 11.9. The summed E-state index contributed by atoms with van der Waals surface area (Å²) in [6.45, 7) is 0.766. The lowest BCUT2D eigenvalue weighted by Gasteiger charge is -2.30. The van der Waals surface area contributed by atoms with Crippen LogP contribution in [-0.2, 0) is 11.0 Å². The average Bonchev–Trinajstić information content (AvgIpc) is 2.58. The quantitative estimate of drug-likeness (QED) is 0.848. The molecule has 4 rings (SSSR count). The minimum atomic E-state index is -4.49. The topological polar surface area (TPSA) is 47.6 Å². The Labute approximate surface area is 141 Å². The number of amides is 1. The van der Waals surface area contributed by atoms with Gasteiger partial charge in [0.25, 0.3) is 0 Å². The van der Waals surface area contributed by atoms with Crippen molar-refractivity contribution < 1.29 is 27.4 Å². The van der Waals surface area contributed by atoms with Gasteiger partial charge in [-0.3, -0.25) is 4.79 Å². The molecule has 7 heteroatoms. The van der Waals surface area contributed by atoms with Gasteiger partial charge in [-0.1, -0.05) is 18.2 Å². The second-order valence-corrected chi connectivity index (χ2v) is 5.97. The smallest absolute Gasteiger partial charge is 0.416 e. The van der Waals surface area contributed by atoms with E-state index >= 15 is 0 Å². The third-order valence-electron chi connectivity index (χ3n) is 4.39. The minimum Gasteiger partial charge on any atom is -0.486 e. The Balaban J connectivity index is 1.87. The van der Waals surface area contributed by atoms with E-state index in [1.165, 1.54) is 12.1 Å². The van der Waals surface area contributed by atoms with Gasteiger partial charge in [0, 0.05) is 24.1 Å². The van der Waals surface area contributed by atoms with Crippen LogP contribution in [-0.4, -0.2) is 19.1 Å². The van der Waals surface area contributed by atoms with Gasteiger partial charge in [0.2, 0.25) is 5.91 Å². The summed E-state index contributed by atoms with van der Waals surface area (Å²) in [7, 11) is 0. The minimum absolute atomic E-state index is 0.0558. The Morgan fingerprint density at radius 1 is 1.00 bits per heavy atom. The second-order valence-electron chi connectivity index (χ2n) is 5.97. The molecule has 2 aromatic carbocycles. The van der Waals surface area contributed by atoms with E-state index in [1.807, 2.05) is 0 Å². The van der Waals surface area contributed by atoms with Crippen molar-refractivity contribution in [1.82, 2.24) is 0 Å². The molecule has 2 aliphatic heterocycles. The van der Waals surface area contributed by atoms with E-state index in [1.54, 1.807) is 18.2 Å².